The van der Waals surface area contributed by atoms with Crippen LogP contribution in [0.15, 0.2) is 30.9 Å². The SMILES string of the molecule is C=CCN(Cc1cccc(CNC)n1)C(C)C. The Hall–Kier alpha value is -1.19. The molecule has 0 fully saturated rings. The summed E-state index contributed by atoms with van der Waals surface area (Å²) in [6.07, 6.45) is 1.94. The van der Waals surface area contributed by atoms with Gasteiger partial charge in [0.25, 0.3) is 0 Å². The molecule has 0 aromatic carbocycles. The number of aromatic nitrogens is 1. The van der Waals surface area contributed by atoms with Gasteiger partial charge in [0.05, 0.1) is 11.4 Å². The largest absolute Gasteiger partial charge is 0.314 e. The molecular formula is C14H23N3. The van der Waals surface area contributed by atoms with E-state index in [9.17, 15) is 0 Å². The van der Waals surface area contributed by atoms with Crippen LogP contribution < -0.4 is 5.32 Å². The topological polar surface area (TPSA) is 28.2 Å². The van der Waals surface area contributed by atoms with Gasteiger partial charge in [-0.25, -0.2) is 0 Å². The summed E-state index contributed by atoms with van der Waals surface area (Å²) in [6.45, 7) is 10.8. The molecule has 0 aliphatic heterocycles. The van der Waals surface area contributed by atoms with Gasteiger partial charge in [-0.2, -0.15) is 0 Å². The fourth-order valence-corrected chi connectivity index (χ4v) is 1.73. The van der Waals surface area contributed by atoms with Gasteiger partial charge in [-0.15, -0.1) is 6.58 Å². The molecule has 17 heavy (non-hydrogen) atoms. The number of nitrogens with one attached hydrogen (secondary N) is 1. The lowest BCUT2D eigenvalue weighted by Crippen LogP contribution is -2.30. The first-order valence-corrected chi connectivity index (χ1v) is 6.11. The van der Waals surface area contributed by atoms with E-state index >= 15 is 0 Å². The van der Waals surface area contributed by atoms with Gasteiger partial charge in [-0.05, 0) is 33.0 Å². The zero-order chi connectivity index (χ0) is 12.7. The summed E-state index contributed by atoms with van der Waals surface area (Å²) in [5.41, 5.74) is 2.21. The minimum Gasteiger partial charge on any atom is -0.314 e. The number of pyridine rings is 1. The first kappa shape index (κ1) is 13.9. The summed E-state index contributed by atoms with van der Waals surface area (Å²) in [4.78, 5) is 6.97. The Bertz CT molecular complexity index is 347. The first-order valence-electron chi connectivity index (χ1n) is 6.11. The molecular weight excluding hydrogens is 210 g/mol. The molecule has 1 heterocycles. The lowest BCUT2D eigenvalue weighted by molar-refractivity contribution is 0.234. The molecule has 1 aromatic heterocycles. The summed E-state index contributed by atoms with van der Waals surface area (Å²) < 4.78 is 0. The van der Waals surface area contributed by atoms with Gasteiger partial charge in [0.15, 0.2) is 0 Å². The summed E-state index contributed by atoms with van der Waals surface area (Å²) in [5, 5.41) is 3.12. The van der Waals surface area contributed by atoms with Crippen LogP contribution >= 0.6 is 0 Å². The summed E-state index contributed by atoms with van der Waals surface area (Å²) >= 11 is 0. The molecule has 0 unspecified atom stereocenters. The molecule has 0 aliphatic rings. The molecule has 0 radical (unpaired) electrons. The monoisotopic (exact) mass is 233 g/mol. The second kappa shape index (κ2) is 7.20. The Morgan fingerprint density at radius 3 is 2.71 bits per heavy atom. The maximum atomic E-state index is 4.63. The van der Waals surface area contributed by atoms with E-state index < -0.39 is 0 Å². The van der Waals surface area contributed by atoms with E-state index in [1.807, 2.05) is 19.2 Å². The zero-order valence-electron chi connectivity index (χ0n) is 11.1. The van der Waals surface area contributed by atoms with Gasteiger partial charge in [-0.1, -0.05) is 12.1 Å². The highest BCUT2D eigenvalue weighted by molar-refractivity contribution is 5.11. The van der Waals surface area contributed by atoms with Gasteiger partial charge in [0, 0.05) is 25.7 Å². The quantitative estimate of drug-likeness (QED) is 0.732. The van der Waals surface area contributed by atoms with Crippen LogP contribution in [0.3, 0.4) is 0 Å². The van der Waals surface area contributed by atoms with E-state index in [1.54, 1.807) is 0 Å². The van der Waals surface area contributed by atoms with Crippen LogP contribution in [0, 0.1) is 0 Å². The van der Waals surface area contributed by atoms with Crippen LogP contribution in [0.1, 0.15) is 25.2 Å². The third-order valence-corrected chi connectivity index (χ3v) is 2.68. The van der Waals surface area contributed by atoms with E-state index in [1.165, 1.54) is 0 Å². The molecule has 0 saturated heterocycles. The van der Waals surface area contributed by atoms with Crippen molar-refractivity contribution in [3.05, 3.63) is 42.2 Å². The maximum absolute atomic E-state index is 4.63. The van der Waals surface area contributed by atoms with Crippen LogP contribution in [-0.2, 0) is 13.1 Å². The van der Waals surface area contributed by atoms with Crippen molar-refractivity contribution >= 4 is 0 Å². The fraction of sp³-hybridized carbons (Fsp3) is 0.500. The van der Waals surface area contributed by atoms with E-state index in [0.717, 1.165) is 31.0 Å². The molecule has 0 saturated carbocycles. The van der Waals surface area contributed by atoms with Crippen LogP contribution in [0.2, 0.25) is 0 Å². The highest BCUT2D eigenvalue weighted by Gasteiger charge is 2.09. The number of hydrogen-bond donors (Lipinski definition) is 1. The second-order valence-corrected chi connectivity index (χ2v) is 4.46. The van der Waals surface area contributed by atoms with Gasteiger partial charge in [0.1, 0.15) is 0 Å². The van der Waals surface area contributed by atoms with Crippen molar-refractivity contribution in [1.82, 2.24) is 15.2 Å². The van der Waals surface area contributed by atoms with Crippen LogP contribution in [0.5, 0.6) is 0 Å². The number of nitrogens with zero attached hydrogens (tertiary/aromatic N) is 2. The molecule has 1 aromatic rings. The molecule has 0 atom stereocenters. The van der Waals surface area contributed by atoms with Crippen molar-refractivity contribution < 1.29 is 0 Å². The average molecular weight is 233 g/mol. The highest BCUT2D eigenvalue weighted by atomic mass is 15.1. The van der Waals surface area contributed by atoms with Crippen molar-refractivity contribution in [2.24, 2.45) is 0 Å². The third kappa shape index (κ3) is 4.67. The fourth-order valence-electron chi connectivity index (χ4n) is 1.73. The Morgan fingerprint density at radius 2 is 2.12 bits per heavy atom. The van der Waals surface area contributed by atoms with Crippen molar-refractivity contribution in [1.29, 1.82) is 0 Å². The molecule has 1 N–H and O–H groups in total. The van der Waals surface area contributed by atoms with E-state index in [-0.39, 0.29) is 0 Å². The standard InChI is InChI=1S/C14H23N3/c1-5-9-17(12(2)3)11-14-8-6-7-13(16-14)10-15-4/h5-8,12,15H,1,9-11H2,2-4H3. The van der Waals surface area contributed by atoms with Gasteiger partial charge in [0.2, 0.25) is 0 Å². The molecule has 0 amide bonds. The summed E-state index contributed by atoms with van der Waals surface area (Å²) in [7, 11) is 1.94. The molecule has 3 nitrogen and oxygen atoms in total. The molecule has 1 rings (SSSR count). The van der Waals surface area contributed by atoms with Gasteiger partial charge < -0.3 is 5.32 Å². The lowest BCUT2D eigenvalue weighted by atomic mass is 10.2. The smallest absolute Gasteiger partial charge is 0.0548 e. The molecule has 0 aliphatic carbocycles. The van der Waals surface area contributed by atoms with Gasteiger partial charge >= 0.3 is 0 Å². The Balaban J connectivity index is 2.71. The van der Waals surface area contributed by atoms with Crippen molar-refractivity contribution in [2.45, 2.75) is 33.0 Å². The van der Waals surface area contributed by atoms with Crippen molar-refractivity contribution in [3.8, 4) is 0 Å². The molecule has 94 valence electrons. The Kier molecular flexibility index (Phi) is 5.87. The average Bonchev–Trinajstić information content (AvgIpc) is 2.29. The van der Waals surface area contributed by atoms with E-state index in [4.69, 9.17) is 0 Å². The normalized spacial score (nSPS) is 11.1. The Labute approximate surface area is 105 Å². The molecule has 0 bridgehead atoms. The zero-order valence-corrected chi connectivity index (χ0v) is 11.1. The number of hydrogen-bond acceptors (Lipinski definition) is 3. The van der Waals surface area contributed by atoms with Crippen LogP contribution in [0.25, 0.3) is 0 Å². The summed E-state index contributed by atoms with van der Waals surface area (Å²) in [6, 6.07) is 6.70. The highest BCUT2D eigenvalue weighted by Crippen LogP contribution is 2.07. The maximum Gasteiger partial charge on any atom is 0.0548 e. The summed E-state index contributed by atoms with van der Waals surface area (Å²) in [5.74, 6) is 0. The minimum atomic E-state index is 0.503. The van der Waals surface area contributed by atoms with Crippen molar-refractivity contribution in [3.63, 3.8) is 0 Å². The molecule has 0 spiro atoms. The van der Waals surface area contributed by atoms with E-state index in [2.05, 4.69) is 47.8 Å². The third-order valence-electron chi connectivity index (χ3n) is 2.68. The first-order chi connectivity index (χ1) is 8.17. The lowest BCUT2D eigenvalue weighted by Gasteiger charge is -2.24. The number of rotatable bonds is 7. The van der Waals surface area contributed by atoms with Crippen LogP contribution in [0.4, 0.5) is 0 Å². The van der Waals surface area contributed by atoms with Gasteiger partial charge in [-0.3, -0.25) is 9.88 Å². The molecule has 3 heteroatoms. The predicted octanol–water partition coefficient (Wildman–Crippen LogP) is 2.20. The predicted molar refractivity (Wildman–Crippen MR) is 72.7 cm³/mol. The van der Waals surface area contributed by atoms with Crippen LogP contribution in [-0.4, -0.2) is 29.5 Å². The van der Waals surface area contributed by atoms with Crippen molar-refractivity contribution in [2.75, 3.05) is 13.6 Å². The minimum absolute atomic E-state index is 0.503. The van der Waals surface area contributed by atoms with E-state index in [0.29, 0.717) is 6.04 Å². The second-order valence-electron chi connectivity index (χ2n) is 4.46. The Morgan fingerprint density at radius 1 is 1.41 bits per heavy atom.